The standard InChI is InChI=1S/C14H19N3OS/c1-11(2)13(19)14(18)17(8-4-6-15)10-12-5-3-7-16-9-12/h3,5,7,9,11,13,19H,4,8,10H2,1-2H3. The van der Waals surface area contributed by atoms with Crippen molar-refractivity contribution >= 4 is 18.5 Å². The Morgan fingerprint density at radius 1 is 1.58 bits per heavy atom. The maximum atomic E-state index is 12.3. The number of nitriles is 1. The number of pyridine rings is 1. The van der Waals surface area contributed by atoms with E-state index in [2.05, 4.69) is 23.7 Å². The van der Waals surface area contributed by atoms with Gasteiger partial charge in [-0.2, -0.15) is 17.9 Å². The molecule has 0 spiro atoms. The fourth-order valence-electron chi connectivity index (χ4n) is 1.64. The number of nitrogens with zero attached hydrogens (tertiary/aromatic N) is 3. The van der Waals surface area contributed by atoms with Crippen LogP contribution in [0.1, 0.15) is 25.8 Å². The number of aromatic nitrogens is 1. The van der Waals surface area contributed by atoms with Gasteiger partial charge in [-0.1, -0.05) is 19.9 Å². The summed E-state index contributed by atoms with van der Waals surface area (Å²) in [6, 6.07) is 5.83. The third-order valence-electron chi connectivity index (χ3n) is 2.79. The van der Waals surface area contributed by atoms with Gasteiger partial charge in [0, 0.05) is 25.5 Å². The van der Waals surface area contributed by atoms with E-state index < -0.39 is 0 Å². The first-order valence-electron chi connectivity index (χ1n) is 6.29. The maximum absolute atomic E-state index is 12.3. The Hall–Kier alpha value is -1.54. The van der Waals surface area contributed by atoms with E-state index in [0.717, 1.165) is 5.56 Å². The summed E-state index contributed by atoms with van der Waals surface area (Å²) < 4.78 is 0. The molecule has 1 heterocycles. The monoisotopic (exact) mass is 277 g/mol. The summed E-state index contributed by atoms with van der Waals surface area (Å²) in [7, 11) is 0. The second kappa shape index (κ2) is 7.80. The molecule has 0 saturated heterocycles. The van der Waals surface area contributed by atoms with Gasteiger partial charge in [-0.25, -0.2) is 0 Å². The predicted octanol–water partition coefficient (Wildman–Crippen LogP) is 2.28. The van der Waals surface area contributed by atoms with Gasteiger partial charge in [-0.3, -0.25) is 9.78 Å². The number of carbonyl (C=O) groups is 1. The lowest BCUT2D eigenvalue weighted by atomic mass is 10.1. The van der Waals surface area contributed by atoms with Crippen molar-refractivity contribution in [2.45, 2.75) is 32.1 Å². The molecule has 1 aromatic rings. The Morgan fingerprint density at radius 2 is 2.32 bits per heavy atom. The second-order valence-corrected chi connectivity index (χ2v) is 5.27. The topological polar surface area (TPSA) is 57.0 Å². The van der Waals surface area contributed by atoms with Crippen LogP contribution in [0.4, 0.5) is 0 Å². The number of amides is 1. The first-order valence-corrected chi connectivity index (χ1v) is 6.80. The zero-order valence-corrected chi connectivity index (χ0v) is 12.2. The third-order valence-corrected chi connectivity index (χ3v) is 3.60. The van der Waals surface area contributed by atoms with E-state index >= 15 is 0 Å². The molecule has 1 rings (SSSR count). The summed E-state index contributed by atoms with van der Waals surface area (Å²) in [5, 5.41) is 8.35. The van der Waals surface area contributed by atoms with Crippen LogP contribution in [0.15, 0.2) is 24.5 Å². The molecular weight excluding hydrogens is 258 g/mol. The number of thiol groups is 1. The summed E-state index contributed by atoms with van der Waals surface area (Å²) in [6.45, 7) is 4.82. The van der Waals surface area contributed by atoms with Crippen LogP contribution in [0.3, 0.4) is 0 Å². The molecule has 1 aromatic heterocycles. The second-order valence-electron chi connectivity index (χ2n) is 4.72. The Bertz CT molecular complexity index is 442. The van der Waals surface area contributed by atoms with Crippen molar-refractivity contribution < 1.29 is 4.79 Å². The molecule has 0 fully saturated rings. The molecule has 0 aromatic carbocycles. The summed E-state index contributed by atoms with van der Waals surface area (Å²) in [5.74, 6) is 0.131. The highest BCUT2D eigenvalue weighted by Gasteiger charge is 2.23. The van der Waals surface area contributed by atoms with E-state index in [4.69, 9.17) is 5.26 Å². The van der Waals surface area contributed by atoms with Crippen molar-refractivity contribution in [3.63, 3.8) is 0 Å². The van der Waals surface area contributed by atoms with Crippen LogP contribution in [0.5, 0.6) is 0 Å². The van der Waals surface area contributed by atoms with Crippen molar-refractivity contribution in [1.29, 1.82) is 5.26 Å². The molecule has 4 nitrogen and oxygen atoms in total. The van der Waals surface area contributed by atoms with Crippen LogP contribution in [0, 0.1) is 17.2 Å². The van der Waals surface area contributed by atoms with Crippen LogP contribution in [0.25, 0.3) is 0 Å². The van der Waals surface area contributed by atoms with Crippen molar-refractivity contribution in [1.82, 2.24) is 9.88 Å². The van der Waals surface area contributed by atoms with Crippen LogP contribution in [-0.2, 0) is 11.3 Å². The normalized spacial score (nSPS) is 11.9. The Labute approximate surface area is 119 Å². The van der Waals surface area contributed by atoms with Gasteiger partial charge in [0.15, 0.2) is 0 Å². The molecule has 0 N–H and O–H groups in total. The number of rotatable bonds is 6. The molecule has 0 aliphatic rings. The maximum Gasteiger partial charge on any atom is 0.236 e. The van der Waals surface area contributed by atoms with Crippen molar-refractivity contribution in [2.75, 3.05) is 6.54 Å². The predicted molar refractivity (Wildman–Crippen MR) is 77.5 cm³/mol. The van der Waals surface area contributed by atoms with Gasteiger partial charge in [-0.15, -0.1) is 0 Å². The van der Waals surface area contributed by atoms with Crippen molar-refractivity contribution in [3.8, 4) is 6.07 Å². The van der Waals surface area contributed by atoms with E-state index in [1.165, 1.54) is 0 Å². The molecule has 0 aliphatic carbocycles. The highest BCUT2D eigenvalue weighted by Crippen LogP contribution is 2.15. The number of hydrogen-bond acceptors (Lipinski definition) is 4. The van der Waals surface area contributed by atoms with Crippen LogP contribution >= 0.6 is 12.6 Å². The first-order chi connectivity index (χ1) is 9.06. The van der Waals surface area contributed by atoms with Gasteiger partial charge >= 0.3 is 0 Å². The van der Waals surface area contributed by atoms with Gasteiger partial charge in [0.25, 0.3) is 0 Å². The molecule has 0 radical (unpaired) electrons. The van der Waals surface area contributed by atoms with Gasteiger partial charge in [-0.05, 0) is 17.5 Å². The van der Waals surface area contributed by atoms with E-state index in [1.807, 2.05) is 26.0 Å². The molecule has 19 heavy (non-hydrogen) atoms. The summed E-state index contributed by atoms with van der Waals surface area (Å²) in [5.41, 5.74) is 0.957. The minimum atomic E-state index is -0.338. The molecule has 0 bridgehead atoms. The molecule has 0 aliphatic heterocycles. The van der Waals surface area contributed by atoms with E-state index in [9.17, 15) is 4.79 Å². The third kappa shape index (κ3) is 4.92. The van der Waals surface area contributed by atoms with Gasteiger partial charge < -0.3 is 4.90 Å². The zero-order valence-electron chi connectivity index (χ0n) is 11.3. The minimum absolute atomic E-state index is 0.0302. The Balaban J connectivity index is 2.77. The SMILES string of the molecule is CC(C)C(S)C(=O)N(CCC#N)Cc1cccnc1. The number of carbonyl (C=O) groups excluding carboxylic acids is 1. The average Bonchev–Trinajstić information content (AvgIpc) is 2.42. The quantitative estimate of drug-likeness (QED) is 0.812. The molecule has 1 atom stereocenters. The van der Waals surface area contributed by atoms with Crippen LogP contribution in [-0.4, -0.2) is 27.6 Å². The molecular formula is C14H19N3OS. The number of hydrogen-bond donors (Lipinski definition) is 1. The fourth-order valence-corrected chi connectivity index (χ4v) is 1.80. The van der Waals surface area contributed by atoms with Crippen LogP contribution < -0.4 is 0 Å². The highest BCUT2D eigenvalue weighted by molar-refractivity contribution is 7.81. The van der Waals surface area contributed by atoms with Gasteiger partial charge in [0.05, 0.1) is 17.7 Å². The Kier molecular flexibility index (Phi) is 6.37. The van der Waals surface area contributed by atoms with Gasteiger partial charge in [0.1, 0.15) is 0 Å². The van der Waals surface area contributed by atoms with Gasteiger partial charge in [0.2, 0.25) is 5.91 Å². The summed E-state index contributed by atoms with van der Waals surface area (Å²) in [4.78, 5) is 18.0. The molecule has 5 heteroatoms. The lowest BCUT2D eigenvalue weighted by molar-refractivity contribution is -0.131. The summed E-state index contributed by atoms with van der Waals surface area (Å²) in [6.07, 6.45) is 3.75. The minimum Gasteiger partial charge on any atom is -0.336 e. The van der Waals surface area contributed by atoms with Crippen molar-refractivity contribution in [2.24, 2.45) is 5.92 Å². The molecule has 1 unspecified atom stereocenters. The highest BCUT2D eigenvalue weighted by atomic mass is 32.1. The largest absolute Gasteiger partial charge is 0.336 e. The average molecular weight is 277 g/mol. The Morgan fingerprint density at radius 3 is 2.84 bits per heavy atom. The smallest absolute Gasteiger partial charge is 0.236 e. The first kappa shape index (κ1) is 15.5. The lowest BCUT2D eigenvalue weighted by Gasteiger charge is -2.26. The zero-order chi connectivity index (χ0) is 14.3. The molecule has 1 amide bonds. The lowest BCUT2D eigenvalue weighted by Crippen LogP contribution is -2.39. The van der Waals surface area contributed by atoms with Crippen LogP contribution in [0.2, 0.25) is 0 Å². The van der Waals surface area contributed by atoms with E-state index in [1.54, 1.807) is 17.3 Å². The molecule has 102 valence electrons. The van der Waals surface area contributed by atoms with E-state index in [-0.39, 0.29) is 17.1 Å². The fraction of sp³-hybridized carbons (Fsp3) is 0.500. The summed E-state index contributed by atoms with van der Waals surface area (Å²) >= 11 is 4.36. The molecule has 0 saturated carbocycles. The van der Waals surface area contributed by atoms with Crippen molar-refractivity contribution in [3.05, 3.63) is 30.1 Å². The van der Waals surface area contributed by atoms with E-state index in [0.29, 0.717) is 19.5 Å².